The predicted octanol–water partition coefficient (Wildman–Crippen LogP) is 3.41. The fourth-order valence-electron chi connectivity index (χ4n) is 3.31. The molecule has 0 unspecified atom stereocenters. The molecule has 0 atom stereocenters. The summed E-state index contributed by atoms with van der Waals surface area (Å²) in [5.74, 6) is 0.385. The molecule has 9 heteroatoms. The number of ether oxygens (including phenoxy) is 3. The third-order valence-electron chi connectivity index (χ3n) is 5.03. The molecule has 1 aromatic heterocycles. The number of nitrogens with zero attached hydrogens (tertiary/aromatic N) is 2. The fourth-order valence-corrected chi connectivity index (χ4v) is 3.31. The van der Waals surface area contributed by atoms with Gasteiger partial charge in [0.05, 0.1) is 38.1 Å². The second-order valence-electron chi connectivity index (χ2n) is 7.33. The van der Waals surface area contributed by atoms with Crippen molar-refractivity contribution in [1.82, 2.24) is 9.55 Å². The van der Waals surface area contributed by atoms with E-state index >= 15 is 0 Å². The zero-order valence-electron chi connectivity index (χ0n) is 19.4. The van der Waals surface area contributed by atoms with Crippen molar-refractivity contribution in [2.45, 2.75) is 26.3 Å². The number of esters is 1. The van der Waals surface area contributed by atoms with E-state index in [9.17, 15) is 14.4 Å². The molecular weight excluding hydrogens is 438 g/mol. The molecule has 1 heterocycles. The molecule has 0 bridgehead atoms. The molecule has 0 saturated heterocycles. The summed E-state index contributed by atoms with van der Waals surface area (Å²) >= 11 is 0. The van der Waals surface area contributed by atoms with Crippen LogP contribution < -0.4 is 20.3 Å². The molecule has 1 N–H and O–H groups in total. The van der Waals surface area contributed by atoms with Gasteiger partial charge in [-0.15, -0.1) is 0 Å². The molecule has 178 valence electrons. The number of hydrogen-bond acceptors (Lipinski definition) is 7. The number of anilines is 1. The summed E-state index contributed by atoms with van der Waals surface area (Å²) < 4.78 is 16.8. The highest BCUT2D eigenvalue weighted by Crippen LogP contribution is 2.29. The lowest BCUT2D eigenvalue weighted by atomic mass is 10.2. The van der Waals surface area contributed by atoms with Crippen LogP contribution in [0.25, 0.3) is 17.0 Å². The Hall–Kier alpha value is -4.14. The summed E-state index contributed by atoms with van der Waals surface area (Å²) in [6, 6.07) is 10.3. The number of methoxy groups -OCH3 is 2. The highest BCUT2D eigenvalue weighted by Gasteiger charge is 2.11. The van der Waals surface area contributed by atoms with Crippen molar-refractivity contribution < 1.29 is 23.8 Å². The van der Waals surface area contributed by atoms with Crippen LogP contribution in [0.4, 0.5) is 5.69 Å². The van der Waals surface area contributed by atoms with Crippen LogP contribution in [0.5, 0.6) is 11.5 Å². The number of amides is 1. The first-order valence-electron chi connectivity index (χ1n) is 10.8. The highest BCUT2D eigenvalue weighted by molar-refractivity contribution is 5.91. The maximum Gasteiger partial charge on any atom is 0.330 e. The maximum absolute atomic E-state index is 12.8. The minimum absolute atomic E-state index is 0.164. The van der Waals surface area contributed by atoms with Gasteiger partial charge in [0.15, 0.2) is 11.5 Å². The minimum atomic E-state index is -0.403. The summed E-state index contributed by atoms with van der Waals surface area (Å²) in [7, 11) is 3.03. The standard InChI is InChI=1S/C25H27N3O6/c1-4-34-24(30)12-9-17-7-10-18(11-8-17)27-23(29)6-5-13-28-16-26-20-15-22(33-3)21(32-2)14-19(20)25(28)31/h7-12,14-16H,4-6,13H2,1-3H3,(H,27,29)/b12-9+. The van der Waals surface area contributed by atoms with Gasteiger partial charge in [0.2, 0.25) is 5.91 Å². The molecule has 0 saturated carbocycles. The van der Waals surface area contributed by atoms with Gasteiger partial charge in [0.1, 0.15) is 0 Å². The van der Waals surface area contributed by atoms with Gasteiger partial charge in [0, 0.05) is 30.8 Å². The first-order valence-corrected chi connectivity index (χ1v) is 10.8. The van der Waals surface area contributed by atoms with Crippen LogP contribution >= 0.6 is 0 Å². The van der Waals surface area contributed by atoms with E-state index in [4.69, 9.17) is 14.2 Å². The van der Waals surface area contributed by atoms with Crippen molar-refractivity contribution in [1.29, 1.82) is 0 Å². The highest BCUT2D eigenvalue weighted by atomic mass is 16.5. The van der Waals surface area contributed by atoms with Gasteiger partial charge in [-0.2, -0.15) is 0 Å². The molecule has 3 aromatic rings. The van der Waals surface area contributed by atoms with Crippen LogP contribution in [-0.2, 0) is 20.9 Å². The summed E-state index contributed by atoms with van der Waals surface area (Å²) in [4.78, 5) is 40.8. The van der Waals surface area contributed by atoms with Crippen molar-refractivity contribution >= 4 is 34.5 Å². The lowest BCUT2D eigenvalue weighted by Gasteiger charge is -2.10. The lowest BCUT2D eigenvalue weighted by Crippen LogP contribution is -2.22. The Kier molecular flexibility index (Phi) is 8.39. The zero-order chi connectivity index (χ0) is 24.5. The zero-order valence-corrected chi connectivity index (χ0v) is 19.4. The van der Waals surface area contributed by atoms with E-state index in [1.165, 1.54) is 31.2 Å². The number of fused-ring (bicyclic) bond motifs is 1. The Morgan fingerprint density at radius 2 is 1.79 bits per heavy atom. The Bertz CT molecular complexity index is 1250. The average molecular weight is 466 g/mol. The molecule has 0 spiro atoms. The number of carbonyl (C=O) groups excluding carboxylic acids is 2. The van der Waals surface area contributed by atoms with Crippen molar-refractivity contribution in [3.05, 3.63) is 64.7 Å². The van der Waals surface area contributed by atoms with E-state index in [-0.39, 0.29) is 17.9 Å². The van der Waals surface area contributed by atoms with Crippen LogP contribution in [0.1, 0.15) is 25.3 Å². The molecule has 0 aliphatic rings. The van der Waals surface area contributed by atoms with Gasteiger partial charge in [-0.3, -0.25) is 14.2 Å². The van der Waals surface area contributed by atoms with Gasteiger partial charge < -0.3 is 19.5 Å². The van der Waals surface area contributed by atoms with Crippen LogP contribution in [0.3, 0.4) is 0 Å². The molecular formula is C25H27N3O6. The second-order valence-corrected chi connectivity index (χ2v) is 7.33. The van der Waals surface area contributed by atoms with E-state index < -0.39 is 5.97 Å². The number of rotatable bonds is 10. The topological polar surface area (TPSA) is 109 Å². The average Bonchev–Trinajstić information content (AvgIpc) is 2.84. The Morgan fingerprint density at radius 3 is 2.47 bits per heavy atom. The van der Waals surface area contributed by atoms with Gasteiger partial charge >= 0.3 is 5.97 Å². The Labute approximate surface area is 197 Å². The van der Waals surface area contributed by atoms with Gasteiger partial charge in [-0.25, -0.2) is 9.78 Å². The third-order valence-corrected chi connectivity index (χ3v) is 5.03. The molecule has 0 aliphatic carbocycles. The smallest absolute Gasteiger partial charge is 0.330 e. The van der Waals surface area contributed by atoms with Gasteiger partial charge in [-0.1, -0.05) is 12.1 Å². The number of aryl methyl sites for hydroxylation is 1. The Morgan fingerprint density at radius 1 is 1.09 bits per heavy atom. The number of aromatic nitrogens is 2. The molecule has 1 amide bonds. The number of carbonyl (C=O) groups is 2. The lowest BCUT2D eigenvalue weighted by molar-refractivity contribution is -0.137. The summed E-state index contributed by atoms with van der Waals surface area (Å²) in [5, 5.41) is 3.24. The van der Waals surface area contributed by atoms with E-state index in [1.54, 1.807) is 49.4 Å². The first-order chi connectivity index (χ1) is 16.4. The summed E-state index contributed by atoms with van der Waals surface area (Å²) in [6.07, 6.45) is 5.17. The number of benzene rings is 2. The maximum atomic E-state index is 12.8. The second kappa shape index (κ2) is 11.6. The number of hydrogen-bond donors (Lipinski definition) is 1. The molecule has 3 rings (SSSR count). The quantitative estimate of drug-likeness (QED) is 0.361. The van der Waals surface area contributed by atoms with Crippen molar-refractivity contribution in [2.24, 2.45) is 0 Å². The summed E-state index contributed by atoms with van der Waals surface area (Å²) in [5.41, 5.74) is 1.75. The molecule has 34 heavy (non-hydrogen) atoms. The van der Waals surface area contributed by atoms with E-state index in [2.05, 4.69) is 10.3 Å². The van der Waals surface area contributed by atoms with Crippen LogP contribution in [0.2, 0.25) is 0 Å². The normalized spacial score (nSPS) is 10.9. The van der Waals surface area contributed by atoms with Gasteiger partial charge in [-0.05, 0) is 43.2 Å². The molecule has 9 nitrogen and oxygen atoms in total. The van der Waals surface area contributed by atoms with Crippen LogP contribution in [0.15, 0.2) is 53.6 Å². The molecule has 2 aromatic carbocycles. The van der Waals surface area contributed by atoms with Crippen molar-refractivity contribution in [3.8, 4) is 11.5 Å². The largest absolute Gasteiger partial charge is 0.493 e. The predicted molar refractivity (Wildman–Crippen MR) is 129 cm³/mol. The van der Waals surface area contributed by atoms with Crippen LogP contribution in [-0.4, -0.2) is 42.3 Å². The molecule has 0 aliphatic heterocycles. The Balaban J connectivity index is 1.56. The molecule has 0 radical (unpaired) electrons. The van der Waals surface area contributed by atoms with E-state index in [1.807, 2.05) is 0 Å². The summed E-state index contributed by atoms with van der Waals surface area (Å²) in [6.45, 7) is 2.42. The molecule has 0 fully saturated rings. The van der Waals surface area contributed by atoms with Crippen molar-refractivity contribution in [2.75, 3.05) is 26.1 Å². The van der Waals surface area contributed by atoms with Crippen LogP contribution in [0, 0.1) is 0 Å². The first kappa shape index (κ1) is 24.5. The number of nitrogens with one attached hydrogen (secondary N) is 1. The van der Waals surface area contributed by atoms with E-state index in [0.717, 1.165) is 5.56 Å². The third kappa shape index (κ3) is 6.22. The van der Waals surface area contributed by atoms with Gasteiger partial charge in [0.25, 0.3) is 5.56 Å². The minimum Gasteiger partial charge on any atom is -0.493 e. The van der Waals surface area contributed by atoms with E-state index in [0.29, 0.717) is 47.7 Å². The fraction of sp³-hybridized carbons (Fsp3) is 0.280. The monoisotopic (exact) mass is 465 g/mol. The van der Waals surface area contributed by atoms with Crippen molar-refractivity contribution in [3.63, 3.8) is 0 Å². The SMILES string of the molecule is CCOC(=O)/C=C/c1ccc(NC(=O)CCCn2cnc3cc(OC)c(OC)cc3c2=O)cc1.